The monoisotopic (exact) mass is 414 g/mol. The number of anilines is 1. The lowest BCUT2D eigenvalue weighted by molar-refractivity contribution is 0.0653. The summed E-state index contributed by atoms with van der Waals surface area (Å²) in [5, 5.41) is 27.8. The zero-order chi connectivity index (χ0) is 22.0. The Morgan fingerprint density at radius 2 is 1.70 bits per heavy atom. The largest absolute Gasteiger partial charge is 0.486 e. The highest BCUT2D eigenvalue weighted by atomic mass is 16.5. The van der Waals surface area contributed by atoms with Gasteiger partial charge in [0, 0.05) is 5.56 Å². The number of hydrogen-bond donors (Lipinski definition) is 5. The van der Waals surface area contributed by atoms with Gasteiger partial charge in [-0.2, -0.15) is 0 Å². The molecule has 0 saturated heterocycles. The highest BCUT2D eigenvalue weighted by Gasteiger charge is 2.26. The van der Waals surface area contributed by atoms with Crippen LogP contribution >= 0.6 is 0 Å². The highest BCUT2D eigenvalue weighted by molar-refractivity contribution is 6.07. The van der Waals surface area contributed by atoms with Crippen LogP contribution in [-0.2, 0) is 6.61 Å². The molecule has 0 amide bonds. The van der Waals surface area contributed by atoms with Gasteiger partial charge < -0.3 is 35.2 Å². The maximum atomic E-state index is 12.1. The van der Waals surface area contributed by atoms with Crippen LogP contribution < -0.4 is 16.0 Å². The van der Waals surface area contributed by atoms with Gasteiger partial charge in [0.25, 0.3) is 5.56 Å². The maximum absolute atomic E-state index is 12.1. The Kier molecular flexibility index (Phi) is 5.27. The Hall–Kier alpha value is -4.54. The second-order valence-electron chi connectivity index (χ2n) is 5.99. The van der Waals surface area contributed by atoms with Crippen LogP contribution in [0.5, 0.6) is 5.75 Å². The second kappa shape index (κ2) is 7.83. The van der Waals surface area contributed by atoms with Crippen molar-refractivity contribution in [2.75, 3.05) is 5.73 Å². The SMILES string of the molecule is Nc1[nH]c(=O)c(C(=O)O)c(-c2cccc(OCc3ccc(C(=O)O)o3)c2)c1C(=O)O. The molecule has 0 aliphatic rings. The Bertz CT molecular complexity index is 1220. The van der Waals surface area contributed by atoms with Crippen molar-refractivity contribution in [1.82, 2.24) is 4.98 Å². The molecule has 11 nitrogen and oxygen atoms in total. The lowest BCUT2D eigenvalue weighted by Crippen LogP contribution is -2.24. The molecule has 0 aliphatic heterocycles. The molecule has 3 aromatic rings. The van der Waals surface area contributed by atoms with E-state index in [4.69, 9.17) is 20.0 Å². The third-order valence-electron chi connectivity index (χ3n) is 4.05. The first kappa shape index (κ1) is 20.2. The number of furan rings is 1. The number of hydrogen-bond acceptors (Lipinski definition) is 7. The minimum absolute atomic E-state index is 0.0748. The zero-order valence-corrected chi connectivity index (χ0v) is 15.0. The molecule has 2 aromatic heterocycles. The summed E-state index contributed by atoms with van der Waals surface area (Å²) in [5.41, 5.74) is 2.91. The van der Waals surface area contributed by atoms with E-state index in [1.807, 2.05) is 4.98 Å². The van der Waals surface area contributed by atoms with E-state index in [1.165, 1.54) is 36.4 Å². The molecule has 6 N–H and O–H groups in total. The van der Waals surface area contributed by atoms with Crippen LogP contribution in [0, 0.1) is 0 Å². The fourth-order valence-electron chi connectivity index (χ4n) is 2.80. The molecule has 0 bridgehead atoms. The number of nitrogen functional groups attached to an aromatic ring is 1. The fourth-order valence-corrected chi connectivity index (χ4v) is 2.80. The predicted octanol–water partition coefficient (Wildman–Crippen LogP) is 1.89. The number of benzene rings is 1. The molecule has 30 heavy (non-hydrogen) atoms. The zero-order valence-electron chi connectivity index (χ0n) is 15.0. The number of H-pyrrole nitrogens is 1. The van der Waals surface area contributed by atoms with E-state index in [1.54, 1.807) is 0 Å². The number of nitrogens with one attached hydrogen (secondary N) is 1. The fraction of sp³-hybridized carbons (Fsp3) is 0.0526. The summed E-state index contributed by atoms with van der Waals surface area (Å²) in [4.78, 5) is 48.3. The molecule has 3 rings (SSSR count). The van der Waals surface area contributed by atoms with Crippen LogP contribution in [0.25, 0.3) is 11.1 Å². The first-order chi connectivity index (χ1) is 14.2. The van der Waals surface area contributed by atoms with Crippen molar-refractivity contribution in [2.45, 2.75) is 6.61 Å². The van der Waals surface area contributed by atoms with Crippen LogP contribution in [0.4, 0.5) is 5.82 Å². The number of carbonyl (C=O) groups is 3. The van der Waals surface area contributed by atoms with Gasteiger partial charge in [0.2, 0.25) is 5.76 Å². The van der Waals surface area contributed by atoms with E-state index >= 15 is 0 Å². The van der Waals surface area contributed by atoms with Crippen molar-refractivity contribution in [3.8, 4) is 16.9 Å². The summed E-state index contributed by atoms with van der Waals surface area (Å²) in [6, 6.07) is 8.36. The summed E-state index contributed by atoms with van der Waals surface area (Å²) in [7, 11) is 0. The standard InChI is InChI=1S/C19H14N2O9/c20-15-13(18(25)26)12(14(19(27)28)16(22)21-15)8-2-1-3-9(6-8)29-7-10-4-5-11(30-10)17(23)24/h1-6H,7H2,(H,23,24)(H,25,26)(H,27,28)(H3,20,21,22). The first-order valence-corrected chi connectivity index (χ1v) is 8.26. The average Bonchev–Trinajstić information content (AvgIpc) is 3.14. The van der Waals surface area contributed by atoms with Crippen LogP contribution in [0.15, 0.2) is 45.6 Å². The average molecular weight is 414 g/mol. The van der Waals surface area contributed by atoms with Crippen molar-refractivity contribution >= 4 is 23.7 Å². The molecule has 0 unspecified atom stereocenters. The molecular weight excluding hydrogens is 400 g/mol. The van der Waals surface area contributed by atoms with Crippen LogP contribution in [-0.4, -0.2) is 38.2 Å². The molecule has 0 saturated carbocycles. The number of aromatic carboxylic acids is 3. The molecule has 0 atom stereocenters. The van der Waals surface area contributed by atoms with Gasteiger partial charge in [-0.15, -0.1) is 0 Å². The van der Waals surface area contributed by atoms with E-state index < -0.39 is 40.4 Å². The number of aromatic amines is 1. The van der Waals surface area contributed by atoms with E-state index in [2.05, 4.69) is 0 Å². The molecular formula is C19H14N2O9. The molecule has 0 spiro atoms. The summed E-state index contributed by atoms with van der Waals surface area (Å²) in [5.74, 6) is -4.74. The van der Waals surface area contributed by atoms with Crippen LogP contribution in [0.1, 0.15) is 37.0 Å². The van der Waals surface area contributed by atoms with Crippen molar-refractivity contribution < 1.29 is 38.9 Å². The third-order valence-corrected chi connectivity index (χ3v) is 4.05. The number of nitrogens with two attached hydrogens (primary N) is 1. The Morgan fingerprint density at radius 1 is 1.00 bits per heavy atom. The number of pyridine rings is 1. The molecule has 11 heteroatoms. The van der Waals surface area contributed by atoms with E-state index in [0.717, 1.165) is 0 Å². The lowest BCUT2D eigenvalue weighted by Gasteiger charge is -2.13. The van der Waals surface area contributed by atoms with Gasteiger partial charge in [0.1, 0.15) is 35.1 Å². The predicted molar refractivity (Wildman–Crippen MR) is 101 cm³/mol. The first-order valence-electron chi connectivity index (χ1n) is 8.26. The van der Waals surface area contributed by atoms with Gasteiger partial charge in [0.05, 0.1) is 0 Å². The number of carboxylic acid groups (broad SMARTS) is 3. The van der Waals surface area contributed by atoms with Crippen molar-refractivity contribution in [2.24, 2.45) is 0 Å². The molecule has 0 fully saturated rings. The van der Waals surface area contributed by atoms with Crippen molar-refractivity contribution in [3.05, 3.63) is 69.4 Å². The summed E-state index contributed by atoms with van der Waals surface area (Å²) in [6.45, 7) is -0.147. The van der Waals surface area contributed by atoms with Crippen LogP contribution in [0.3, 0.4) is 0 Å². The van der Waals surface area contributed by atoms with Gasteiger partial charge >= 0.3 is 17.9 Å². The van der Waals surface area contributed by atoms with Crippen LogP contribution in [0.2, 0.25) is 0 Å². The third kappa shape index (κ3) is 3.85. The molecule has 0 aliphatic carbocycles. The quantitative estimate of drug-likeness (QED) is 0.381. The summed E-state index contributed by atoms with van der Waals surface area (Å²) >= 11 is 0. The topological polar surface area (TPSA) is 193 Å². The minimum Gasteiger partial charge on any atom is -0.486 e. The number of aromatic nitrogens is 1. The molecule has 154 valence electrons. The van der Waals surface area contributed by atoms with Gasteiger partial charge in [-0.3, -0.25) is 4.79 Å². The lowest BCUT2D eigenvalue weighted by atomic mass is 9.95. The molecule has 1 aromatic carbocycles. The minimum atomic E-state index is -1.63. The van der Waals surface area contributed by atoms with Gasteiger partial charge in [0.15, 0.2) is 0 Å². The summed E-state index contributed by atoms with van der Waals surface area (Å²) < 4.78 is 10.6. The Morgan fingerprint density at radius 3 is 2.30 bits per heavy atom. The van der Waals surface area contributed by atoms with E-state index in [0.29, 0.717) is 0 Å². The molecule has 2 heterocycles. The van der Waals surface area contributed by atoms with Gasteiger partial charge in [-0.05, 0) is 29.8 Å². The van der Waals surface area contributed by atoms with Gasteiger partial charge in [-0.25, -0.2) is 14.4 Å². The Labute approximate surface area is 167 Å². The second-order valence-corrected chi connectivity index (χ2v) is 5.99. The normalized spacial score (nSPS) is 10.5. The molecule has 0 radical (unpaired) electrons. The van der Waals surface area contributed by atoms with E-state index in [-0.39, 0.29) is 35.0 Å². The number of ether oxygens (including phenoxy) is 1. The van der Waals surface area contributed by atoms with Gasteiger partial charge in [-0.1, -0.05) is 12.1 Å². The Balaban J connectivity index is 2.03. The van der Waals surface area contributed by atoms with Crippen molar-refractivity contribution in [1.29, 1.82) is 0 Å². The number of carboxylic acids is 3. The van der Waals surface area contributed by atoms with E-state index in [9.17, 15) is 29.4 Å². The smallest absolute Gasteiger partial charge is 0.371 e. The highest BCUT2D eigenvalue weighted by Crippen LogP contribution is 2.31. The van der Waals surface area contributed by atoms with Crippen molar-refractivity contribution in [3.63, 3.8) is 0 Å². The summed E-state index contributed by atoms with van der Waals surface area (Å²) in [6.07, 6.45) is 0. The maximum Gasteiger partial charge on any atom is 0.371 e. The number of rotatable bonds is 7.